The van der Waals surface area contributed by atoms with Crippen LogP contribution >= 0.6 is 11.6 Å². The van der Waals surface area contributed by atoms with Crippen molar-refractivity contribution in [1.82, 2.24) is 0 Å². The van der Waals surface area contributed by atoms with Crippen molar-refractivity contribution in [2.24, 2.45) is 5.41 Å². The lowest BCUT2D eigenvalue weighted by Crippen LogP contribution is -2.08. The fourth-order valence-corrected chi connectivity index (χ4v) is 0.601. The van der Waals surface area contributed by atoms with Crippen molar-refractivity contribution in [2.75, 3.05) is 5.88 Å². The van der Waals surface area contributed by atoms with Crippen molar-refractivity contribution in [1.29, 1.82) is 0 Å². The van der Waals surface area contributed by atoms with Gasteiger partial charge in [0.2, 0.25) is 0 Å². The topological polar surface area (TPSA) is 0 Å². The maximum atomic E-state index is 5.54. The SMILES string of the molecule is C=C(CCl)C(C)(C)C. The van der Waals surface area contributed by atoms with Crippen LogP contribution in [0, 0.1) is 5.41 Å². The highest BCUT2D eigenvalue weighted by Gasteiger charge is 2.12. The molecule has 0 aromatic heterocycles. The molecule has 0 amide bonds. The van der Waals surface area contributed by atoms with Gasteiger partial charge in [0.25, 0.3) is 0 Å². The fourth-order valence-electron chi connectivity index (χ4n) is 0.200. The summed E-state index contributed by atoms with van der Waals surface area (Å²) in [5.41, 5.74) is 1.28. The lowest BCUT2D eigenvalue weighted by molar-refractivity contribution is 0.507. The number of alkyl halides is 1. The van der Waals surface area contributed by atoms with Gasteiger partial charge in [-0.1, -0.05) is 32.9 Å². The third kappa shape index (κ3) is 2.37. The zero-order valence-electron chi connectivity index (χ0n) is 5.79. The smallest absolute Gasteiger partial charge is 0.0436 e. The second-order valence-electron chi connectivity index (χ2n) is 2.99. The van der Waals surface area contributed by atoms with Crippen molar-refractivity contribution in [3.63, 3.8) is 0 Å². The number of hydrogen-bond acceptors (Lipinski definition) is 0. The summed E-state index contributed by atoms with van der Waals surface area (Å²) >= 11 is 5.54. The van der Waals surface area contributed by atoms with Crippen LogP contribution in [-0.2, 0) is 0 Å². The molecule has 8 heavy (non-hydrogen) atoms. The van der Waals surface area contributed by atoms with Gasteiger partial charge in [0, 0.05) is 5.88 Å². The molecule has 0 saturated carbocycles. The minimum Gasteiger partial charge on any atom is -0.122 e. The highest BCUT2D eigenvalue weighted by atomic mass is 35.5. The van der Waals surface area contributed by atoms with Crippen LogP contribution in [0.4, 0.5) is 0 Å². The van der Waals surface area contributed by atoms with E-state index in [4.69, 9.17) is 11.6 Å². The Hall–Kier alpha value is 0.0300. The van der Waals surface area contributed by atoms with Crippen molar-refractivity contribution in [2.45, 2.75) is 20.8 Å². The predicted octanol–water partition coefficient (Wildman–Crippen LogP) is 2.83. The Morgan fingerprint density at radius 3 is 1.88 bits per heavy atom. The summed E-state index contributed by atoms with van der Waals surface area (Å²) < 4.78 is 0. The molecule has 0 radical (unpaired) electrons. The molecule has 0 unspecified atom stereocenters. The Morgan fingerprint density at radius 2 is 1.88 bits per heavy atom. The molecule has 0 heterocycles. The largest absolute Gasteiger partial charge is 0.122 e. The van der Waals surface area contributed by atoms with Crippen molar-refractivity contribution in [3.8, 4) is 0 Å². The van der Waals surface area contributed by atoms with Crippen LogP contribution in [0.2, 0.25) is 0 Å². The molecule has 0 rings (SSSR count). The Kier molecular flexibility index (Phi) is 2.55. The molecular formula is C7H13Cl. The maximum absolute atomic E-state index is 5.54. The molecule has 0 N–H and O–H groups in total. The Labute approximate surface area is 56.5 Å². The summed E-state index contributed by atoms with van der Waals surface area (Å²) in [4.78, 5) is 0. The second-order valence-corrected chi connectivity index (χ2v) is 3.25. The molecule has 0 nitrogen and oxygen atoms in total. The van der Waals surface area contributed by atoms with Crippen LogP contribution in [0.15, 0.2) is 12.2 Å². The van der Waals surface area contributed by atoms with E-state index in [1.165, 1.54) is 0 Å². The summed E-state index contributed by atoms with van der Waals surface area (Å²) in [6.07, 6.45) is 0. The van der Waals surface area contributed by atoms with Crippen LogP contribution in [0.3, 0.4) is 0 Å². The van der Waals surface area contributed by atoms with E-state index >= 15 is 0 Å². The summed E-state index contributed by atoms with van der Waals surface area (Å²) in [5, 5.41) is 0. The molecular weight excluding hydrogens is 120 g/mol. The van der Waals surface area contributed by atoms with Crippen LogP contribution in [0.25, 0.3) is 0 Å². The molecule has 0 aliphatic heterocycles. The molecule has 0 spiro atoms. The quantitative estimate of drug-likeness (QED) is 0.380. The first-order valence-electron chi connectivity index (χ1n) is 2.72. The van der Waals surface area contributed by atoms with Crippen molar-refractivity contribution < 1.29 is 0 Å². The van der Waals surface area contributed by atoms with Gasteiger partial charge in [-0.3, -0.25) is 0 Å². The van der Waals surface area contributed by atoms with Crippen LogP contribution < -0.4 is 0 Å². The van der Waals surface area contributed by atoms with Gasteiger partial charge in [0.05, 0.1) is 0 Å². The van der Waals surface area contributed by atoms with Gasteiger partial charge in [-0.25, -0.2) is 0 Å². The van der Waals surface area contributed by atoms with E-state index in [1.54, 1.807) is 0 Å². The minimum atomic E-state index is 0.182. The Morgan fingerprint density at radius 1 is 1.50 bits per heavy atom. The molecule has 1 heteroatoms. The summed E-state index contributed by atoms with van der Waals surface area (Å²) in [6.45, 7) is 10.1. The number of hydrogen-bond donors (Lipinski definition) is 0. The molecule has 48 valence electrons. The molecule has 0 saturated heterocycles. The zero-order valence-corrected chi connectivity index (χ0v) is 6.55. The van der Waals surface area contributed by atoms with Gasteiger partial charge in [-0.2, -0.15) is 0 Å². The van der Waals surface area contributed by atoms with E-state index in [1.807, 2.05) is 0 Å². The van der Waals surface area contributed by atoms with E-state index in [0.29, 0.717) is 5.88 Å². The first kappa shape index (κ1) is 8.03. The van der Waals surface area contributed by atoms with E-state index in [0.717, 1.165) is 5.57 Å². The molecule has 0 aliphatic carbocycles. The molecule has 0 aromatic carbocycles. The van der Waals surface area contributed by atoms with Crippen molar-refractivity contribution in [3.05, 3.63) is 12.2 Å². The van der Waals surface area contributed by atoms with E-state index < -0.39 is 0 Å². The van der Waals surface area contributed by atoms with Crippen LogP contribution in [-0.4, -0.2) is 5.88 Å². The highest BCUT2D eigenvalue weighted by molar-refractivity contribution is 6.19. The number of allylic oxidation sites excluding steroid dienone is 1. The van der Waals surface area contributed by atoms with E-state index in [2.05, 4.69) is 27.4 Å². The molecule has 0 aromatic rings. The first-order valence-corrected chi connectivity index (χ1v) is 3.26. The van der Waals surface area contributed by atoms with Crippen molar-refractivity contribution >= 4 is 11.6 Å². The minimum absolute atomic E-state index is 0.182. The van der Waals surface area contributed by atoms with E-state index in [9.17, 15) is 0 Å². The van der Waals surface area contributed by atoms with Crippen LogP contribution in [0.1, 0.15) is 20.8 Å². The average molecular weight is 133 g/mol. The molecule has 0 fully saturated rings. The lowest BCUT2D eigenvalue weighted by atomic mass is 9.89. The predicted molar refractivity (Wildman–Crippen MR) is 39.3 cm³/mol. The van der Waals surface area contributed by atoms with Gasteiger partial charge in [-0.05, 0) is 5.41 Å². The number of rotatable bonds is 1. The van der Waals surface area contributed by atoms with Gasteiger partial charge in [0.15, 0.2) is 0 Å². The first-order chi connectivity index (χ1) is 3.48. The number of halogens is 1. The summed E-state index contributed by atoms with van der Waals surface area (Å²) in [5.74, 6) is 0.573. The Balaban J connectivity index is 3.82. The summed E-state index contributed by atoms with van der Waals surface area (Å²) in [7, 11) is 0. The zero-order chi connectivity index (χ0) is 6.78. The average Bonchev–Trinajstić information content (AvgIpc) is 1.62. The van der Waals surface area contributed by atoms with Gasteiger partial charge in [0.1, 0.15) is 0 Å². The monoisotopic (exact) mass is 132 g/mol. The van der Waals surface area contributed by atoms with Gasteiger partial charge >= 0.3 is 0 Å². The molecule has 0 aliphatic rings. The van der Waals surface area contributed by atoms with Gasteiger partial charge < -0.3 is 0 Å². The van der Waals surface area contributed by atoms with E-state index in [-0.39, 0.29) is 5.41 Å². The second kappa shape index (κ2) is 2.54. The Bertz CT molecular complexity index is 87.1. The van der Waals surface area contributed by atoms with Crippen LogP contribution in [0.5, 0.6) is 0 Å². The maximum Gasteiger partial charge on any atom is 0.0436 e. The third-order valence-corrected chi connectivity index (χ3v) is 1.54. The standard InChI is InChI=1S/C7H13Cl/c1-6(5-8)7(2,3)4/h1,5H2,2-4H3. The third-order valence-electron chi connectivity index (χ3n) is 1.22. The highest BCUT2D eigenvalue weighted by Crippen LogP contribution is 2.23. The summed E-state index contributed by atoms with van der Waals surface area (Å²) in [6, 6.07) is 0. The molecule has 0 bridgehead atoms. The molecule has 0 atom stereocenters. The van der Waals surface area contributed by atoms with Gasteiger partial charge in [-0.15, -0.1) is 11.6 Å². The fraction of sp³-hybridized carbons (Fsp3) is 0.714. The normalized spacial score (nSPS) is 11.5. The lowest BCUT2D eigenvalue weighted by Gasteiger charge is -2.18.